The van der Waals surface area contributed by atoms with Crippen LogP contribution in [-0.2, 0) is 28.6 Å². The number of carbonyl (C=O) groups is 3. The third-order valence-corrected chi connectivity index (χ3v) is 13.0. The van der Waals surface area contributed by atoms with E-state index in [2.05, 4.69) is 93.7 Å². The largest absolute Gasteiger partial charge is 0.462 e. The highest BCUT2D eigenvalue weighted by atomic mass is 16.6. The molecule has 0 radical (unpaired) electrons. The van der Waals surface area contributed by atoms with Crippen molar-refractivity contribution in [3.8, 4) is 0 Å². The molecule has 0 aromatic rings. The monoisotopic (exact) mass is 977 g/mol. The first-order valence-corrected chi connectivity index (χ1v) is 30.0. The Bertz CT molecular complexity index is 1310. The Morgan fingerprint density at radius 2 is 0.529 bits per heavy atom. The summed E-state index contributed by atoms with van der Waals surface area (Å²) in [6, 6.07) is 0. The normalized spacial score (nSPS) is 12.6. The van der Waals surface area contributed by atoms with Crippen molar-refractivity contribution in [3.05, 3.63) is 72.9 Å². The summed E-state index contributed by atoms with van der Waals surface area (Å²) in [6.07, 6.45) is 74.5. The Morgan fingerprint density at radius 3 is 0.871 bits per heavy atom. The Labute approximate surface area is 433 Å². The van der Waals surface area contributed by atoms with Crippen molar-refractivity contribution < 1.29 is 28.6 Å². The molecule has 0 aromatic carbocycles. The molecule has 6 heteroatoms. The van der Waals surface area contributed by atoms with Crippen molar-refractivity contribution in [1.82, 2.24) is 0 Å². The van der Waals surface area contributed by atoms with Gasteiger partial charge in [-0.05, 0) is 96.3 Å². The highest BCUT2D eigenvalue weighted by Crippen LogP contribution is 2.15. The van der Waals surface area contributed by atoms with E-state index in [0.717, 1.165) is 83.5 Å². The van der Waals surface area contributed by atoms with Crippen LogP contribution in [0.25, 0.3) is 0 Å². The number of allylic oxidation sites excluding steroid dienone is 12. The molecule has 0 saturated heterocycles. The third-order valence-electron chi connectivity index (χ3n) is 13.0. The van der Waals surface area contributed by atoms with Gasteiger partial charge < -0.3 is 14.2 Å². The van der Waals surface area contributed by atoms with Crippen LogP contribution in [0.15, 0.2) is 72.9 Å². The number of hydrogen-bond donors (Lipinski definition) is 0. The van der Waals surface area contributed by atoms with E-state index in [-0.39, 0.29) is 31.1 Å². The van der Waals surface area contributed by atoms with Crippen LogP contribution in [0.5, 0.6) is 0 Å². The molecule has 0 aliphatic rings. The Balaban J connectivity index is 4.44. The first-order chi connectivity index (χ1) is 34.5. The van der Waals surface area contributed by atoms with Gasteiger partial charge in [0.25, 0.3) is 0 Å². The zero-order valence-electron chi connectivity index (χ0n) is 46.3. The second kappa shape index (κ2) is 58.4. The van der Waals surface area contributed by atoms with Crippen molar-refractivity contribution in [3.63, 3.8) is 0 Å². The summed E-state index contributed by atoms with van der Waals surface area (Å²) in [5.74, 6) is -0.908. The van der Waals surface area contributed by atoms with Gasteiger partial charge in [0.05, 0.1) is 0 Å². The predicted octanol–water partition coefficient (Wildman–Crippen LogP) is 20.2. The highest BCUT2D eigenvalue weighted by molar-refractivity contribution is 5.71. The van der Waals surface area contributed by atoms with Gasteiger partial charge in [-0.2, -0.15) is 0 Å². The van der Waals surface area contributed by atoms with Crippen molar-refractivity contribution >= 4 is 17.9 Å². The molecule has 0 rings (SSSR count). The number of esters is 3. The lowest BCUT2D eigenvalue weighted by molar-refractivity contribution is -0.167. The van der Waals surface area contributed by atoms with Crippen molar-refractivity contribution in [2.75, 3.05) is 13.2 Å². The molecule has 0 N–H and O–H groups in total. The maximum atomic E-state index is 12.9. The number of unbranched alkanes of at least 4 members (excludes halogenated alkanes) is 34. The van der Waals surface area contributed by atoms with Gasteiger partial charge in [0.2, 0.25) is 0 Å². The van der Waals surface area contributed by atoms with E-state index in [4.69, 9.17) is 14.2 Å². The fourth-order valence-electron chi connectivity index (χ4n) is 8.44. The van der Waals surface area contributed by atoms with Gasteiger partial charge in [0.1, 0.15) is 13.2 Å². The summed E-state index contributed by atoms with van der Waals surface area (Å²) >= 11 is 0. The molecule has 1 atom stereocenters. The van der Waals surface area contributed by atoms with Crippen LogP contribution >= 0.6 is 0 Å². The zero-order chi connectivity index (χ0) is 50.7. The number of carbonyl (C=O) groups excluding carboxylic acids is 3. The molecular weight excluding hydrogens is 865 g/mol. The number of rotatable bonds is 54. The summed E-state index contributed by atoms with van der Waals surface area (Å²) < 4.78 is 16.9. The smallest absolute Gasteiger partial charge is 0.306 e. The van der Waals surface area contributed by atoms with E-state index in [1.807, 2.05) is 0 Å². The lowest BCUT2D eigenvalue weighted by atomic mass is 10.1. The second-order valence-electron chi connectivity index (χ2n) is 20.0. The molecule has 0 spiro atoms. The van der Waals surface area contributed by atoms with Crippen molar-refractivity contribution in [2.24, 2.45) is 0 Å². The quantitative estimate of drug-likeness (QED) is 0.0199. The van der Waals surface area contributed by atoms with E-state index in [1.54, 1.807) is 0 Å². The standard InChI is InChI=1S/C64H112O6/c1-4-7-10-13-16-19-22-25-28-31-34-36-39-42-45-48-51-54-57-63(66)69-60-61(70-64(67)58-55-52-49-46-43-40-37-33-30-27-24-21-18-15-12-9-6-3)59-68-62(65)56-53-50-47-44-41-38-35-32-29-26-23-20-17-14-11-8-5-2/h16,19,22,25-31,34,36,61H,4-15,17-18,20-21,23-24,32-33,35,37-60H2,1-3H3/b19-16-,25-22-,29-26-,30-27-,31-28-,36-34-. The molecular formula is C64H112O6. The predicted molar refractivity (Wildman–Crippen MR) is 302 cm³/mol. The lowest BCUT2D eigenvalue weighted by Gasteiger charge is -2.18. The Morgan fingerprint density at radius 1 is 0.286 bits per heavy atom. The molecule has 0 aromatic heterocycles. The fraction of sp³-hybridized carbons (Fsp3) is 0.766. The van der Waals surface area contributed by atoms with E-state index in [9.17, 15) is 14.4 Å². The van der Waals surface area contributed by atoms with Gasteiger partial charge in [0.15, 0.2) is 6.10 Å². The molecule has 6 nitrogen and oxygen atoms in total. The van der Waals surface area contributed by atoms with Gasteiger partial charge >= 0.3 is 17.9 Å². The molecule has 1 unspecified atom stereocenters. The van der Waals surface area contributed by atoms with E-state index >= 15 is 0 Å². The highest BCUT2D eigenvalue weighted by Gasteiger charge is 2.19. The van der Waals surface area contributed by atoms with Crippen LogP contribution in [0.2, 0.25) is 0 Å². The first kappa shape index (κ1) is 66.9. The van der Waals surface area contributed by atoms with Gasteiger partial charge in [-0.25, -0.2) is 0 Å². The summed E-state index contributed by atoms with van der Waals surface area (Å²) in [7, 11) is 0. The van der Waals surface area contributed by atoms with Crippen LogP contribution in [0.1, 0.15) is 297 Å². The summed E-state index contributed by atoms with van der Waals surface area (Å²) in [4.78, 5) is 38.2. The van der Waals surface area contributed by atoms with Crippen molar-refractivity contribution in [1.29, 1.82) is 0 Å². The summed E-state index contributed by atoms with van der Waals surface area (Å²) in [5.41, 5.74) is 0. The fourth-order valence-corrected chi connectivity index (χ4v) is 8.44. The molecule has 0 heterocycles. The Kier molecular flexibility index (Phi) is 55.8. The van der Waals surface area contributed by atoms with Gasteiger partial charge in [0, 0.05) is 19.3 Å². The average molecular weight is 978 g/mol. The molecule has 0 saturated carbocycles. The molecule has 70 heavy (non-hydrogen) atoms. The van der Waals surface area contributed by atoms with Crippen LogP contribution in [-0.4, -0.2) is 37.2 Å². The summed E-state index contributed by atoms with van der Waals surface area (Å²) in [5, 5.41) is 0. The van der Waals surface area contributed by atoms with E-state index in [0.29, 0.717) is 19.3 Å². The SMILES string of the molecule is CCCCC\C=C/C=C\C=C/C=C\CCCCCCCC(=O)OCC(COC(=O)CCCCCCCCC/C=C\CCCCCCCC)OC(=O)CCCCCCCCC/C=C\CCCCCCCC. The molecule has 0 aliphatic carbocycles. The zero-order valence-corrected chi connectivity index (χ0v) is 46.3. The minimum atomic E-state index is -0.790. The second-order valence-corrected chi connectivity index (χ2v) is 20.0. The maximum absolute atomic E-state index is 12.9. The molecule has 0 fully saturated rings. The minimum absolute atomic E-state index is 0.0863. The van der Waals surface area contributed by atoms with Crippen LogP contribution in [0, 0.1) is 0 Å². The van der Waals surface area contributed by atoms with Crippen LogP contribution in [0.3, 0.4) is 0 Å². The topological polar surface area (TPSA) is 78.9 Å². The molecule has 0 amide bonds. The minimum Gasteiger partial charge on any atom is -0.462 e. The van der Waals surface area contributed by atoms with E-state index < -0.39 is 6.10 Å². The average Bonchev–Trinajstić information content (AvgIpc) is 3.36. The van der Waals surface area contributed by atoms with E-state index in [1.165, 1.54) is 173 Å². The number of hydrogen-bond acceptors (Lipinski definition) is 6. The number of ether oxygens (including phenoxy) is 3. The molecule has 0 bridgehead atoms. The van der Waals surface area contributed by atoms with Crippen LogP contribution < -0.4 is 0 Å². The Hall–Kier alpha value is -3.15. The van der Waals surface area contributed by atoms with Crippen LogP contribution in [0.4, 0.5) is 0 Å². The third kappa shape index (κ3) is 55.8. The lowest BCUT2D eigenvalue weighted by Crippen LogP contribution is -2.30. The molecule has 0 aliphatic heterocycles. The maximum Gasteiger partial charge on any atom is 0.306 e. The summed E-state index contributed by atoms with van der Waals surface area (Å²) in [6.45, 7) is 6.59. The first-order valence-electron chi connectivity index (χ1n) is 30.0. The van der Waals surface area contributed by atoms with Gasteiger partial charge in [-0.1, -0.05) is 254 Å². The van der Waals surface area contributed by atoms with Gasteiger partial charge in [-0.15, -0.1) is 0 Å². The molecule has 404 valence electrons. The van der Waals surface area contributed by atoms with Crippen molar-refractivity contribution in [2.45, 2.75) is 303 Å². The van der Waals surface area contributed by atoms with Gasteiger partial charge in [-0.3, -0.25) is 14.4 Å².